The monoisotopic (exact) mass is 183 g/mol. The lowest BCUT2D eigenvalue weighted by Gasteiger charge is -2.04. The largest absolute Gasteiger partial charge is 0.372 e. The molecule has 0 aliphatic rings. The zero-order valence-electron chi connectivity index (χ0n) is 8.10. The highest BCUT2D eigenvalue weighted by Gasteiger charge is 1.92. The number of nitrogens with one attached hydrogen (secondary N) is 2. The molecule has 13 heavy (non-hydrogen) atoms. The fourth-order valence-electron chi connectivity index (χ4n) is 0.661. The molecule has 2 N–H and O–H groups in total. The van der Waals surface area contributed by atoms with Crippen molar-refractivity contribution >= 4 is 12.6 Å². The Morgan fingerprint density at radius 2 is 2.31 bits per heavy atom. The van der Waals surface area contributed by atoms with Crippen molar-refractivity contribution in [3.63, 3.8) is 0 Å². The molecule has 0 spiro atoms. The van der Waals surface area contributed by atoms with Crippen LogP contribution in [0.4, 0.5) is 0 Å². The summed E-state index contributed by atoms with van der Waals surface area (Å²) in [6, 6.07) is 0. The lowest BCUT2D eigenvalue weighted by atomic mass is 10.3. The molecule has 0 aliphatic carbocycles. The van der Waals surface area contributed by atoms with E-state index in [2.05, 4.69) is 23.6 Å². The van der Waals surface area contributed by atoms with Gasteiger partial charge in [-0.15, -0.1) is 0 Å². The third kappa shape index (κ3) is 8.91. The van der Waals surface area contributed by atoms with Crippen LogP contribution in [-0.2, 0) is 4.74 Å². The molecule has 0 aromatic heterocycles. The SMILES string of the molecule is C=NC(=N)COCCNCC(=C)C. The van der Waals surface area contributed by atoms with Crippen molar-refractivity contribution in [2.45, 2.75) is 6.92 Å². The number of amidine groups is 1. The second kappa shape index (κ2) is 7.64. The Kier molecular flexibility index (Phi) is 7.05. The van der Waals surface area contributed by atoms with E-state index in [1.807, 2.05) is 6.92 Å². The first-order chi connectivity index (χ1) is 6.16. The van der Waals surface area contributed by atoms with Crippen molar-refractivity contribution in [1.82, 2.24) is 5.32 Å². The second-order valence-corrected chi connectivity index (χ2v) is 2.79. The number of hydrogen-bond donors (Lipinski definition) is 2. The van der Waals surface area contributed by atoms with Crippen LogP contribution in [0.25, 0.3) is 0 Å². The molecule has 0 rings (SSSR count). The molecule has 0 atom stereocenters. The average molecular weight is 183 g/mol. The van der Waals surface area contributed by atoms with Crippen molar-refractivity contribution in [2.75, 3.05) is 26.3 Å². The van der Waals surface area contributed by atoms with E-state index in [1.54, 1.807) is 0 Å². The van der Waals surface area contributed by atoms with Gasteiger partial charge in [-0.1, -0.05) is 12.2 Å². The summed E-state index contributed by atoms with van der Waals surface area (Å²) in [5.41, 5.74) is 1.10. The van der Waals surface area contributed by atoms with Crippen LogP contribution in [0.1, 0.15) is 6.92 Å². The van der Waals surface area contributed by atoms with Gasteiger partial charge in [-0.3, -0.25) is 5.41 Å². The van der Waals surface area contributed by atoms with Gasteiger partial charge in [0, 0.05) is 13.1 Å². The molecule has 0 heterocycles. The van der Waals surface area contributed by atoms with Crippen LogP contribution in [-0.4, -0.2) is 38.9 Å². The third-order valence-electron chi connectivity index (χ3n) is 1.28. The fraction of sp³-hybridized carbons (Fsp3) is 0.556. The smallest absolute Gasteiger partial charge is 0.145 e. The predicted molar refractivity (Wildman–Crippen MR) is 55.8 cm³/mol. The van der Waals surface area contributed by atoms with Gasteiger partial charge in [-0.25, -0.2) is 4.99 Å². The highest BCUT2D eigenvalue weighted by Crippen LogP contribution is 1.82. The molecule has 0 unspecified atom stereocenters. The van der Waals surface area contributed by atoms with E-state index in [1.165, 1.54) is 0 Å². The molecule has 0 bridgehead atoms. The van der Waals surface area contributed by atoms with Gasteiger partial charge < -0.3 is 10.1 Å². The third-order valence-corrected chi connectivity index (χ3v) is 1.28. The summed E-state index contributed by atoms with van der Waals surface area (Å²) in [6.45, 7) is 11.3. The molecule has 0 aliphatic heterocycles. The van der Waals surface area contributed by atoms with E-state index >= 15 is 0 Å². The van der Waals surface area contributed by atoms with Gasteiger partial charge in [0.05, 0.1) is 6.61 Å². The van der Waals surface area contributed by atoms with Gasteiger partial charge in [-0.2, -0.15) is 0 Å². The van der Waals surface area contributed by atoms with Gasteiger partial charge in [0.15, 0.2) is 0 Å². The van der Waals surface area contributed by atoms with Gasteiger partial charge in [0.2, 0.25) is 0 Å². The van der Waals surface area contributed by atoms with Crippen molar-refractivity contribution in [3.05, 3.63) is 12.2 Å². The Morgan fingerprint density at radius 3 is 2.85 bits per heavy atom. The molecule has 4 heteroatoms. The first-order valence-electron chi connectivity index (χ1n) is 4.13. The molecular weight excluding hydrogens is 166 g/mol. The summed E-state index contributed by atoms with van der Waals surface area (Å²) in [7, 11) is 0. The lowest BCUT2D eigenvalue weighted by Crippen LogP contribution is -2.22. The van der Waals surface area contributed by atoms with Gasteiger partial charge in [-0.05, 0) is 13.6 Å². The number of nitrogens with zero attached hydrogens (tertiary/aromatic N) is 1. The minimum absolute atomic E-state index is 0.167. The van der Waals surface area contributed by atoms with Crippen molar-refractivity contribution < 1.29 is 4.74 Å². The minimum Gasteiger partial charge on any atom is -0.372 e. The van der Waals surface area contributed by atoms with Gasteiger partial charge >= 0.3 is 0 Å². The molecule has 4 nitrogen and oxygen atoms in total. The van der Waals surface area contributed by atoms with Crippen LogP contribution < -0.4 is 5.32 Å². The first-order valence-corrected chi connectivity index (χ1v) is 4.13. The average Bonchev–Trinajstić information content (AvgIpc) is 2.10. The molecular formula is C9H17N3O. The van der Waals surface area contributed by atoms with E-state index in [4.69, 9.17) is 10.1 Å². The standard InChI is InChI=1S/C9H17N3O/c1-8(2)6-12-4-5-13-7-9(10)11-3/h10,12H,1,3-7H2,2H3. The van der Waals surface area contributed by atoms with Crippen LogP contribution in [0.2, 0.25) is 0 Å². The Hall–Kier alpha value is -1.00. The summed E-state index contributed by atoms with van der Waals surface area (Å²) in [5.74, 6) is 0.167. The quantitative estimate of drug-likeness (QED) is 0.266. The Morgan fingerprint density at radius 1 is 1.62 bits per heavy atom. The van der Waals surface area contributed by atoms with Crippen LogP contribution >= 0.6 is 0 Å². The summed E-state index contributed by atoms with van der Waals surface area (Å²) in [4.78, 5) is 3.41. The van der Waals surface area contributed by atoms with Crippen LogP contribution in [0.15, 0.2) is 17.1 Å². The maximum absolute atomic E-state index is 7.10. The summed E-state index contributed by atoms with van der Waals surface area (Å²) in [6.07, 6.45) is 0. The Balaban J connectivity index is 3.12. The number of rotatable bonds is 7. The Labute approximate surface area is 79.2 Å². The van der Waals surface area contributed by atoms with Gasteiger partial charge in [0.1, 0.15) is 12.4 Å². The van der Waals surface area contributed by atoms with Crippen molar-refractivity contribution in [3.8, 4) is 0 Å². The maximum atomic E-state index is 7.10. The summed E-state index contributed by atoms with van der Waals surface area (Å²) in [5, 5.41) is 10.2. The molecule has 0 aromatic rings. The van der Waals surface area contributed by atoms with E-state index < -0.39 is 0 Å². The molecule has 0 aromatic carbocycles. The van der Waals surface area contributed by atoms with E-state index in [0.29, 0.717) is 6.61 Å². The molecule has 0 saturated carbocycles. The summed E-state index contributed by atoms with van der Waals surface area (Å²) >= 11 is 0. The van der Waals surface area contributed by atoms with E-state index in [9.17, 15) is 0 Å². The maximum Gasteiger partial charge on any atom is 0.145 e. The number of aliphatic imine (C=N–C) groups is 1. The minimum atomic E-state index is 0.167. The highest BCUT2D eigenvalue weighted by atomic mass is 16.5. The van der Waals surface area contributed by atoms with Crippen molar-refractivity contribution in [1.29, 1.82) is 5.41 Å². The van der Waals surface area contributed by atoms with Crippen LogP contribution in [0.3, 0.4) is 0 Å². The zero-order valence-corrected chi connectivity index (χ0v) is 8.10. The predicted octanol–water partition coefficient (Wildman–Crippen LogP) is 0.847. The van der Waals surface area contributed by atoms with Crippen LogP contribution in [0, 0.1) is 5.41 Å². The highest BCUT2D eigenvalue weighted by molar-refractivity contribution is 5.84. The number of hydrogen-bond acceptors (Lipinski definition) is 3. The topological polar surface area (TPSA) is 57.5 Å². The van der Waals surface area contributed by atoms with Crippen molar-refractivity contribution in [2.24, 2.45) is 4.99 Å². The molecule has 0 amide bonds. The molecule has 0 saturated heterocycles. The zero-order chi connectivity index (χ0) is 10.1. The lowest BCUT2D eigenvalue weighted by molar-refractivity contribution is 0.173. The Bertz CT molecular complexity index is 189. The van der Waals surface area contributed by atoms with Gasteiger partial charge in [0.25, 0.3) is 0 Å². The normalized spacial score (nSPS) is 9.62. The van der Waals surface area contributed by atoms with E-state index in [0.717, 1.165) is 18.7 Å². The second-order valence-electron chi connectivity index (χ2n) is 2.79. The first kappa shape index (κ1) is 12.0. The fourth-order valence-corrected chi connectivity index (χ4v) is 0.661. The van der Waals surface area contributed by atoms with Crippen LogP contribution in [0.5, 0.6) is 0 Å². The molecule has 0 radical (unpaired) electrons. The molecule has 74 valence electrons. The van der Waals surface area contributed by atoms with E-state index in [-0.39, 0.29) is 12.4 Å². The number of ether oxygens (including phenoxy) is 1. The molecule has 0 fully saturated rings. The summed E-state index contributed by atoms with van der Waals surface area (Å²) < 4.78 is 5.12.